The summed E-state index contributed by atoms with van der Waals surface area (Å²) in [5, 5.41) is 3.38. The van der Waals surface area contributed by atoms with E-state index >= 15 is 0 Å². The van der Waals surface area contributed by atoms with Crippen molar-refractivity contribution in [3.05, 3.63) is 60.2 Å². The van der Waals surface area contributed by atoms with Gasteiger partial charge in [-0.3, -0.25) is 4.90 Å². The van der Waals surface area contributed by atoms with Gasteiger partial charge in [0.25, 0.3) is 0 Å². The van der Waals surface area contributed by atoms with Crippen molar-refractivity contribution in [2.75, 3.05) is 20.1 Å². The predicted molar refractivity (Wildman–Crippen MR) is 97.6 cm³/mol. The van der Waals surface area contributed by atoms with Gasteiger partial charge >= 0.3 is 0 Å². The summed E-state index contributed by atoms with van der Waals surface area (Å²) in [5.41, 5.74) is 1.32. The van der Waals surface area contributed by atoms with Crippen LogP contribution in [0.3, 0.4) is 0 Å². The lowest BCUT2D eigenvalue weighted by molar-refractivity contribution is 0.194. The van der Waals surface area contributed by atoms with E-state index in [-0.39, 0.29) is 12.4 Å². The standard InChI is InChI=1S/C19H24N2O.ClH/c1-20-17-10-12-21(13-11-17)15-16-6-5-9-19(14-16)22-18-7-3-2-4-8-18;/h2-9,14,17,20H,10-13,15H2,1H3;1H. The van der Waals surface area contributed by atoms with Gasteiger partial charge in [0.2, 0.25) is 0 Å². The van der Waals surface area contributed by atoms with Gasteiger partial charge in [-0.05, 0) is 62.8 Å². The highest BCUT2D eigenvalue weighted by Gasteiger charge is 2.17. The number of nitrogens with zero attached hydrogens (tertiary/aromatic N) is 1. The van der Waals surface area contributed by atoms with Crippen LogP contribution in [0.15, 0.2) is 54.6 Å². The highest BCUT2D eigenvalue weighted by atomic mass is 35.5. The van der Waals surface area contributed by atoms with Crippen molar-refractivity contribution in [3.8, 4) is 11.5 Å². The summed E-state index contributed by atoms with van der Waals surface area (Å²) in [7, 11) is 2.06. The highest BCUT2D eigenvalue weighted by molar-refractivity contribution is 5.85. The molecule has 1 heterocycles. The Balaban J connectivity index is 0.00000192. The van der Waals surface area contributed by atoms with E-state index in [0.29, 0.717) is 6.04 Å². The minimum absolute atomic E-state index is 0. The van der Waals surface area contributed by atoms with E-state index < -0.39 is 0 Å². The van der Waals surface area contributed by atoms with E-state index in [4.69, 9.17) is 4.74 Å². The fourth-order valence-electron chi connectivity index (χ4n) is 2.97. The largest absolute Gasteiger partial charge is 0.457 e. The highest BCUT2D eigenvalue weighted by Crippen LogP contribution is 2.23. The summed E-state index contributed by atoms with van der Waals surface area (Å²) >= 11 is 0. The number of benzene rings is 2. The van der Waals surface area contributed by atoms with Gasteiger partial charge in [0.15, 0.2) is 0 Å². The van der Waals surface area contributed by atoms with Gasteiger partial charge in [-0.1, -0.05) is 30.3 Å². The van der Waals surface area contributed by atoms with E-state index in [0.717, 1.165) is 31.1 Å². The number of likely N-dealkylation sites (tertiary alicyclic amines) is 1. The van der Waals surface area contributed by atoms with Crippen molar-refractivity contribution in [2.24, 2.45) is 0 Å². The average Bonchev–Trinajstić information content (AvgIpc) is 2.57. The molecule has 0 radical (unpaired) electrons. The third-order valence-electron chi connectivity index (χ3n) is 4.28. The van der Waals surface area contributed by atoms with Crippen LogP contribution in [0.25, 0.3) is 0 Å². The summed E-state index contributed by atoms with van der Waals surface area (Å²) in [4.78, 5) is 2.52. The SMILES string of the molecule is CNC1CCN(Cc2cccc(Oc3ccccc3)c2)CC1.Cl. The molecule has 1 fully saturated rings. The first kappa shape index (κ1) is 17.8. The summed E-state index contributed by atoms with van der Waals surface area (Å²) in [6.45, 7) is 3.33. The number of hydrogen-bond acceptors (Lipinski definition) is 3. The Morgan fingerprint density at radius 2 is 1.70 bits per heavy atom. The zero-order valence-electron chi connectivity index (χ0n) is 13.6. The van der Waals surface area contributed by atoms with Crippen LogP contribution in [-0.2, 0) is 6.54 Å². The maximum atomic E-state index is 5.91. The van der Waals surface area contributed by atoms with Gasteiger partial charge in [-0.15, -0.1) is 12.4 Å². The predicted octanol–water partition coefficient (Wildman–Crippen LogP) is 4.08. The van der Waals surface area contributed by atoms with Gasteiger partial charge in [0.1, 0.15) is 11.5 Å². The Bertz CT molecular complexity index is 583. The van der Waals surface area contributed by atoms with Crippen LogP contribution in [0.5, 0.6) is 11.5 Å². The monoisotopic (exact) mass is 332 g/mol. The Labute approximate surface area is 145 Å². The molecule has 4 heteroatoms. The molecule has 0 unspecified atom stereocenters. The first-order valence-electron chi connectivity index (χ1n) is 8.05. The molecule has 1 aliphatic heterocycles. The van der Waals surface area contributed by atoms with Crippen molar-refractivity contribution in [1.82, 2.24) is 10.2 Å². The number of hydrogen-bond donors (Lipinski definition) is 1. The first-order valence-corrected chi connectivity index (χ1v) is 8.05. The third-order valence-corrected chi connectivity index (χ3v) is 4.28. The molecule has 2 aromatic carbocycles. The normalized spacial score (nSPS) is 15.9. The maximum Gasteiger partial charge on any atom is 0.127 e. The molecule has 124 valence electrons. The van der Waals surface area contributed by atoms with Crippen LogP contribution < -0.4 is 10.1 Å². The summed E-state index contributed by atoms with van der Waals surface area (Å²) < 4.78 is 5.91. The molecular formula is C19H25ClN2O. The van der Waals surface area contributed by atoms with Crippen molar-refractivity contribution in [2.45, 2.75) is 25.4 Å². The number of halogens is 1. The Morgan fingerprint density at radius 1 is 1.00 bits per heavy atom. The van der Waals surface area contributed by atoms with Crippen LogP contribution in [0, 0.1) is 0 Å². The van der Waals surface area contributed by atoms with Gasteiger partial charge < -0.3 is 10.1 Å². The smallest absolute Gasteiger partial charge is 0.127 e. The second-order valence-electron chi connectivity index (χ2n) is 5.90. The minimum Gasteiger partial charge on any atom is -0.457 e. The van der Waals surface area contributed by atoms with Crippen LogP contribution in [0.2, 0.25) is 0 Å². The second kappa shape index (κ2) is 8.92. The molecule has 0 spiro atoms. The van der Waals surface area contributed by atoms with Gasteiger partial charge in [-0.25, -0.2) is 0 Å². The Hall–Kier alpha value is -1.55. The van der Waals surface area contributed by atoms with Crippen molar-refractivity contribution >= 4 is 12.4 Å². The molecule has 0 amide bonds. The molecule has 1 aliphatic rings. The molecule has 3 nitrogen and oxygen atoms in total. The number of rotatable bonds is 5. The Morgan fingerprint density at radius 3 is 2.39 bits per heavy atom. The molecular weight excluding hydrogens is 308 g/mol. The average molecular weight is 333 g/mol. The van der Waals surface area contributed by atoms with E-state index in [9.17, 15) is 0 Å². The molecule has 23 heavy (non-hydrogen) atoms. The molecule has 0 aliphatic carbocycles. The lowest BCUT2D eigenvalue weighted by atomic mass is 10.0. The van der Waals surface area contributed by atoms with E-state index in [1.807, 2.05) is 36.4 Å². The molecule has 1 N–H and O–H groups in total. The summed E-state index contributed by atoms with van der Waals surface area (Å²) in [6.07, 6.45) is 2.47. The summed E-state index contributed by atoms with van der Waals surface area (Å²) in [5.74, 6) is 1.79. The van der Waals surface area contributed by atoms with Crippen LogP contribution in [-0.4, -0.2) is 31.1 Å². The zero-order valence-corrected chi connectivity index (χ0v) is 14.4. The third kappa shape index (κ3) is 5.24. The minimum atomic E-state index is 0. The van der Waals surface area contributed by atoms with E-state index in [1.165, 1.54) is 18.4 Å². The van der Waals surface area contributed by atoms with Crippen LogP contribution in [0.1, 0.15) is 18.4 Å². The van der Waals surface area contributed by atoms with Gasteiger partial charge in [0.05, 0.1) is 0 Å². The molecule has 0 saturated carbocycles. The number of ether oxygens (including phenoxy) is 1. The maximum absolute atomic E-state index is 5.91. The molecule has 0 aromatic heterocycles. The fourth-order valence-corrected chi connectivity index (χ4v) is 2.97. The molecule has 1 saturated heterocycles. The fraction of sp³-hybridized carbons (Fsp3) is 0.368. The van der Waals surface area contributed by atoms with Crippen molar-refractivity contribution < 1.29 is 4.74 Å². The van der Waals surface area contributed by atoms with Crippen LogP contribution in [0.4, 0.5) is 0 Å². The Kier molecular flexibility index (Phi) is 6.90. The van der Waals surface area contributed by atoms with E-state index in [1.54, 1.807) is 0 Å². The second-order valence-corrected chi connectivity index (χ2v) is 5.90. The lowest BCUT2D eigenvalue weighted by Crippen LogP contribution is -2.40. The zero-order chi connectivity index (χ0) is 15.2. The topological polar surface area (TPSA) is 24.5 Å². The molecule has 0 atom stereocenters. The lowest BCUT2D eigenvalue weighted by Gasteiger charge is -2.31. The summed E-state index contributed by atoms with van der Waals surface area (Å²) in [6, 6.07) is 19.1. The van der Waals surface area contributed by atoms with Crippen molar-refractivity contribution in [3.63, 3.8) is 0 Å². The van der Waals surface area contributed by atoms with Gasteiger partial charge in [-0.2, -0.15) is 0 Å². The van der Waals surface area contributed by atoms with Crippen molar-refractivity contribution in [1.29, 1.82) is 0 Å². The number of para-hydroxylation sites is 1. The van der Waals surface area contributed by atoms with Crippen LogP contribution >= 0.6 is 12.4 Å². The first-order chi connectivity index (χ1) is 10.8. The number of nitrogens with one attached hydrogen (secondary N) is 1. The number of piperidine rings is 1. The quantitative estimate of drug-likeness (QED) is 0.892. The molecule has 0 bridgehead atoms. The van der Waals surface area contributed by atoms with E-state index in [2.05, 4.69) is 35.5 Å². The van der Waals surface area contributed by atoms with Gasteiger partial charge in [0, 0.05) is 12.6 Å². The molecule has 3 rings (SSSR count). The molecule has 2 aromatic rings.